The quantitative estimate of drug-likeness (QED) is 0.734. The van der Waals surface area contributed by atoms with Crippen LogP contribution < -0.4 is 5.32 Å². The second kappa shape index (κ2) is 6.41. The largest absolute Gasteiger partial charge is 0.376 e. The summed E-state index contributed by atoms with van der Waals surface area (Å²) in [6.45, 7) is 9.95. The first-order chi connectivity index (χ1) is 6.77. The normalized spacial score (nSPS) is 28.3. The lowest BCUT2D eigenvalue weighted by atomic mass is 9.97. The highest BCUT2D eigenvalue weighted by atomic mass is 16.5. The molecule has 1 saturated heterocycles. The van der Waals surface area contributed by atoms with Gasteiger partial charge >= 0.3 is 0 Å². The Balaban J connectivity index is 2.21. The van der Waals surface area contributed by atoms with Crippen LogP contribution in [0.3, 0.4) is 0 Å². The molecule has 0 aromatic carbocycles. The average molecular weight is 199 g/mol. The lowest BCUT2D eigenvalue weighted by molar-refractivity contribution is -0.0146. The van der Waals surface area contributed by atoms with Crippen molar-refractivity contribution in [3.63, 3.8) is 0 Å². The fourth-order valence-electron chi connectivity index (χ4n) is 1.97. The third-order valence-corrected chi connectivity index (χ3v) is 3.46. The van der Waals surface area contributed by atoms with Crippen LogP contribution in [-0.4, -0.2) is 25.8 Å². The maximum atomic E-state index is 5.98. The Hall–Kier alpha value is -0.0800. The third-order valence-electron chi connectivity index (χ3n) is 3.46. The van der Waals surface area contributed by atoms with Crippen LogP contribution in [0.1, 0.15) is 40.0 Å². The molecule has 0 aromatic rings. The van der Waals surface area contributed by atoms with Gasteiger partial charge < -0.3 is 10.1 Å². The zero-order chi connectivity index (χ0) is 10.4. The van der Waals surface area contributed by atoms with Crippen LogP contribution in [0.5, 0.6) is 0 Å². The molecule has 2 unspecified atom stereocenters. The molecule has 0 amide bonds. The van der Waals surface area contributed by atoms with E-state index >= 15 is 0 Å². The Morgan fingerprint density at radius 2 is 2.07 bits per heavy atom. The lowest BCUT2D eigenvalue weighted by Crippen LogP contribution is -2.41. The molecule has 1 aliphatic rings. The van der Waals surface area contributed by atoms with E-state index in [0.717, 1.165) is 31.5 Å². The van der Waals surface area contributed by atoms with Gasteiger partial charge in [0, 0.05) is 13.2 Å². The standard InChI is InChI=1S/C12H25NO/c1-4-11(5-2)9-14-12-8-13-7-6-10(12)3/h10-13H,4-9H2,1-3H3. The van der Waals surface area contributed by atoms with Crippen LogP contribution in [0, 0.1) is 11.8 Å². The second-order valence-electron chi connectivity index (χ2n) is 4.52. The summed E-state index contributed by atoms with van der Waals surface area (Å²) in [7, 11) is 0. The number of piperidine rings is 1. The Bertz CT molecular complexity index is 145. The van der Waals surface area contributed by atoms with Crippen LogP contribution in [0.25, 0.3) is 0 Å². The minimum Gasteiger partial charge on any atom is -0.376 e. The zero-order valence-corrected chi connectivity index (χ0v) is 9.88. The van der Waals surface area contributed by atoms with Gasteiger partial charge in [0.1, 0.15) is 0 Å². The fourth-order valence-corrected chi connectivity index (χ4v) is 1.97. The van der Waals surface area contributed by atoms with Crippen molar-refractivity contribution in [2.45, 2.75) is 46.1 Å². The highest BCUT2D eigenvalue weighted by molar-refractivity contribution is 4.75. The van der Waals surface area contributed by atoms with E-state index in [0.29, 0.717) is 6.10 Å². The predicted molar refractivity (Wildman–Crippen MR) is 60.5 cm³/mol. The first-order valence-corrected chi connectivity index (χ1v) is 6.10. The van der Waals surface area contributed by atoms with Crippen LogP contribution in [-0.2, 0) is 4.74 Å². The van der Waals surface area contributed by atoms with Crippen molar-refractivity contribution in [1.29, 1.82) is 0 Å². The van der Waals surface area contributed by atoms with E-state index in [9.17, 15) is 0 Å². The van der Waals surface area contributed by atoms with Gasteiger partial charge in [-0.25, -0.2) is 0 Å². The summed E-state index contributed by atoms with van der Waals surface area (Å²) in [5, 5.41) is 3.40. The molecule has 2 nitrogen and oxygen atoms in total. The highest BCUT2D eigenvalue weighted by Crippen LogP contribution is 2.17. The first-order valence-electron chi connectivity index (χ1n) is 6.10. The molecule has 1 aliphatic heterocycles. The van der Waals surface area contributed by atoms with Crippen LogP contribution >= 0.6 is 0 Å². The summed E-state index contributed by atoms with van der Waals surface area (Å²) in [6.07, 6.45) is 4.19. The molecule has 0 bridgehead atoms. The summed E-state index contributed by atoms with van der Waals surface area (Å²) in [6, 6.07) is 0. The molecular formula is C12H25NO. The number of rotatable bonds is 5. The minimum atomic E-state index is 0.448. The van der Waals surface area contributed by atoms with Gasteiger partial charge in [-0.1, -0.05) is 33.6 Å². The van der Waals surface area contributed by atoms with Crippen molar-refractivity contribution >= 4 is 0 Å². The van der Waals surface area contributed by atoms with Crippen molar-refractivity contribution in [2.75, 3.05) is 19.7 Å². The molecule has 0 saturated carbocycles. The van der Waals surface area contributed by atoms with E-state index in [-0.39, 0.29) is 0 Å². The summed E-state index contributed by atoms with van der Waals surface area (Å²) < 4.78 is 5.98. The second-order valence-corrected chi connectivity index (χ2v) is 4.52. The van der Waals surface area contributed by atoms with E-state index in [1.807, 2.05) is 0 Å². The van der Waals surface area contributed by atoms with Crippen LogP contribution in [0.15, 0.2) is 0 Å². The molecule has 1 rings (SSSR count). The average Bonchev–Trinajstić information content (AvgIpc) is 2.22. The highest BCUT2D eigenvalue weighted by Gasteiger charge is 2.22. The fraction of sp³-hybridized carbons (Fsp3) is 1.00. The summed E-state index contributed by atoms with van der Waals surface area (Å²) in [5.74, 6) is 1.48. The Morgan fingerprint density at radius 3 is 2.64 bits per heavy atom. The van der Waals surface area contributed by atoms with Crippen molar-refractivity contribution < 1.29 is 4.74 Å². The number of ether oxygens (including phenoxy) is 1. The topological polar surface area (TPSA) is 21.3 Å². The Kier molecular flexibility index (Phi) is 5.49. The number of hydrogen-bond acceptors (Lipinski definition) is 2. The van der Waals surface area contributed by atoms with E-state index in [1.165, 1.54) is 19.3 Å². The van der Waals surface area contributed by atoms with Gasteiger partial charge in [-0.2, -0.15) is 0 Å². The number of hydrogen-bond donors (Lipinski definition) is 1. The molecule has 1 heterocycles. The van der Waals surface area contributed by atoms with Crippen molar-refractivity contribution in [3.05, 3.63) is 0 Å². The molecule has 2 heteroatoms. The summed E-state index contributed by atoms with van der Waals surface area (Å²) in [5.41, 5.74) is 0. The van der Waals surface area contributed by atoms with E-state index < -0.39 is 0 Å². The predicted octanol–water partition coefficient (Wildman–Crippen LogP) is 2.44. The summed E-state index contributed by atoms with van der Waals surface area (Å²) in [4.78, 5) is 0. The first kappa shape index (κ1) is 12.0. The van der Waals surface area contributed by atoms with Gasteiger partial charge in [-0.05, 0) is 24.8 Å². The lowest BCUT2D eigenvalue weighted by Gasteiger charge is -2.30. The van der Waals surface area contributed by atoms with Gasteiger partial charge in [0.25, 0.3) is 0 Å². The van der Waals surface area contributed by atoms with Crippen LogP contribution in [0.2, 0.25) is 0 Å². The molecule has 1 fully saturated rings. The molecule has 0 radical (unpaired) electrons. The van der Waals surface area contributed by atoms with Crippen molar-refractivity contribution in [3.8, 4) is 0 Å². The summed E-state index contributed by atoms with van der Waals surface area (Å²) >= 11 is 0. The molecule has 14 heavy (non-hydrogen) atoms. The van der Waals surface area contributed by atoms with Gasteiger partial charge in [0.15, 0.2) is 0 Å². The molecule has 0 aromatic heterocycles. The molecule has 84 valence electrons. The van der Waals surface area contributed by atoms with E-state index in [4.69, 9.17) is 4.74 Å². The van der Waals surface area contributed by atoms with Crippen molar-refractivity contribution in [1.82, 2.24) is 5.32 Å². The Labute approximate surface area is 88.4 Å². The molecule has 1 N–H and O–H groups in total. The molecule has 0 aliphatic carbocycles. The monoisotopic (exact) mass is 199 g/mol. The van der Waals surface area contributed by atoms with Gasteiger partial charge in [-0.3, -0.25) is 0 Å². The van der Waals surface area contributed by atoms with Crippen LogP contribution in [0.4, 0.5) is 0 Å². The van der Waals surface area contributed by atoms with Gasteiger partial charge in [0.2, 0.25) is 0 Å². The molecule has 2 atom stereocenters. The Morgan fingerprint density at radius 1 is 1.36 bits per heavy atom. The van der Waals surface area contributed by atoms with E-state index in [1.54, 1.807) is 0 Å². The molecular weight excluding hydrogens is 174 g/mol. The maximum Gasteiger partial charge on any atom is 0.0725 e. The maximum absolute atomic E-state index is 5.98. The van der Waals surface area contributed by atoms with Gasteiger partial charge in [-0.15, -0.1) is 0 Å². The van der Waals surface area contributed by atoms with E-state index in [2.05, 4.69) is 26.1 Å². The molecule has 0 spiro atoms. The third kappa shape index (κ3) is 3.58. The number of nitrogens with one attached hydrogen (secondary N) is 1. The SMILES string of the molecule is CCC(CC)COC1CNCCC1C. The minimum absolute atomic E-state index is 0.448. The zero-order valence-electron chi connectivity index (χ0n) is 9.88. The van der Waals surface area contributed by atoms with Crippen molar-refractivity contribution in [2.24, 2.45) is 11.8 Å². The smallest absolute Gasteiger partial charge is 0.0725 e. The van der Waals surface area contributed by atoms with Gasteiger partial charge in [0.05, 0.1) is 6.10 Å².